The number of rotatable bonds is 5. The Kier molecular flexibility index (Phi) is 6.09. The standard InChI is InChI=1S/C14H13Cl2N3O4S/c1-19(12(21)5-10-13(22)18-14(23)24-10)6-11(20)17-7-2-3-8(15)9(16)4-7/h2-4,10H,5-6H2,1H3,(H,17,20)(H,18,22,23)/t10-/m1/s1. The molecule has 128 valence electrons. The number of hydrogen-bond acceptors (Lipinski definition) is 5. The van der Waals surface area contributed by atoms with E-state index >= 15 is 0 Å². The Labute approximate surface area is 152 Å². The van der Waals surface area contributed by atoms with Crippen LogP contribution in [0.25, 0.3) is 0 Å². The number of anilines is 1. The Morgan fingerprint density at radius 3 is 2.58 bits per heavy atom. The average molecular weight is 390 g/mol. The summed E-state index contributed by atoms with van der Waals surface area (Å²) in [5.41, 5.74) is 0.451. The second kappa shape index (κ2) is 7.87. The van der Waals surface area contributed by atoms with Gasteiger partial charge in [-0.3, -0.25) is 24.5 Å². The van der Waals surface area contributed by atoms with Crippen molar-refractivity contribution in [2.75, 3.05) is 18.9 Å². The maximum Gasteiger partial charge on any atom is 0.286 e. The molecule has 1 atom stereocenters. The lowest BCUT2D eigenvalue weighted by Gasteiger charge is -2.18. The molecule has 1 heterocycles. The molecule has 1 saturated heterocycles. The second-order valence-electron chi connectivity index (χ2n) is 5.01. The third kappa shape index (κ3) is 4.86. The molecule has 0 spiro atoms. The maximum atomic E-state index is 12.0. The number of amides is 4. The van der Waals surface area contributed by atoms with E-state index < -0.39 is 28.2 Å². The molecule has 2 rings (SSSR count). The summed E-state index contributed by atoms with van der Waals surface area (Å²) in [4.78, 5) is 47.7. The molecule has 0 aliphatic carbocycles. The normalized spacial score (nSPS) is 16.7. The van der Waals surface area contributed by atoms with Gasteiger partial charge in [-0.25, -0.2) is 0 Å². The van der Waals surface area contributed by atoms with Gasteiger partial charge in [0.25, 0.3) is 5.24 Å². The number of thioether (sulfide) groups is 1. The SMILES string of the molecule is CN(CC(=O)Nc1ccc(Cl)c(Cl)c1)C(=O)C[C@H]1SC(=O)NC1=O. The zero-order valence-corrected chi connectivity index (χ0v) is 14.8. The summed E-state index contributed by atoms with van der Waals surface area (Å²) in [5.74, 6) is -1.34. The van der Waals surface area contributed by atoms with Gasteiger partial charge in [0.05, 0.1) is 16.6 Å². The van der Waals surface area contributed by atoms with Crippen molar-refractivity contribution < 1.29 is 19.2 Å². The third-order valence-corrected chi connectivity index (χ3v) is 4.86. The summed E-state index contributed by atoms with van der Waals surface area (Å²) < 4.78 is 0. The molecule has 1 aliphatic heterocycles. The van der Waals surface area contributed by atoms with Crippen LogP contribution in [-0.2, 0) is 14.4 Å². The molecule has 1 fully saturated rings. The van der Waals surface area contributed by atoms with E-state index in [-0.39, 0.29) is 13.0 Å². The summed E-state index contributed by atoms with van der Waals surface area (Å²) in [6.45, 7) is -0.202. The lowest BCUT2D eigenvalue weighted by molar-refractivity contribution is -0.134. The van der Waals surface area contributed by atoms with E-state index in [1.807, 2.05) is 0 Å². The van der Waals surface area contributed by atoms with Gasteiger partial charge in [0.1, 0.15) is 5.25 Å². The molecule has 0 saturated carbocycles. The van der Waals surface area contributed by atoms with Gasteiger partial charge in [0, 0.05) is 19.2 Å². The van der Waals surface area contributed by atoms with Gasteiger partial charge in [-0.15, -0.1) is 0 Å². The number of nitrogens with one attached hydrogen (secondary N) is 2. The Morgan fingerprint density at radius 1 is 1.29 bits per heavy atom. The molecular weight excluding hydrogens is 377 g/mol. The van der Waals surface area contributed by atoms with Crippen LogP contribution in [0.15, 0.2) is 18.2 Å². The smallest absolute Gasteiger partial charge is 0.286 e. The zero-order valence-electron chi connectivity index (χ0n) is 12.5. The largest absolute Gasteiger partial charge is 0.336 e. The molecule has 4 amide bonds. The molecule has 7 nitrogen and oxygen atoms in total. The van der Waals surface area contributed by atoms with Crippen LogP contribution in [0, 0.1) is 0 Å². The van der Waals surface area contributed by atoms with E-state index in [0.29, 0.717) is 15.7 Å². The summed E-state index contributed by atoms with van der Waals surface area (Å²) in [5, 5.41) is 4.13. The summed E-state index contributed by atoms with van der Waals surface area (Å²) in [6, 6.07) is 4.62. The Morgan fingerprint density at radius 2 is 2.00 bits per heavy atom. The minimum Gasteiger partial charge on any atom is -0.336 e. The molecule has 1 aromatic carbocycles. The van der Waals surface area contributed by atoms with Crippen LogP contribution in [0.2, 0.25) is 10.0 Å². The quantitative estimate of drug-likeness (QED) is 0.803. The van der Waals surface area contributed by atoms with Crippen LogP contribution >= 0.6 is 35.0 Å². The summed E-state index contributed by atoms with van der Waals surface area (Å²) >= 11 is 12.4. The first-order valence-corrected chi connectivity index (χ1v) is 8.40. The first-order chi connectivity index (χ1) is 11.3. The van der Waals surface area contributed by atoms with Crippen molar-refractivity contribution in [1.82, 2.24) is 10.2 Å². The molecule has 0 unspecified atom stereocenters. The van der Waals surface area contributed by atoms with E-state index in [4.69, 9.17) is 23.2 Å². The van der Waals surface area contributed by atoms with Crippen molar-refractivity contribution in [1.29, 1.82) is 0 Å². The van der Waals surface area contributed by atoms with Gasteiger partial charge in [-0.2, -0.15) is 0 Å². The van der Waals surface area contributed by atoms with Gasteiger partial charge in [0.2, 0.25) is 17.7 Å². The average Bonchev–Trinajstić information content (AvgIpc) is 2.80. The minimum absolute atomic E-state index is 0.154. The van der Waals surface area contributed by atoms with Crippen LogP contribution in [0.5, 0.6) is 0 Å². The van der Waals surface area contributed by atoms with E-state index in [9.17, 15) is 19.2 Å². The molecule has 24 heavy (non-hydrogen) atoms. The number of hydrogen-bond donors (Lipinski definition) is 2. The number of nitrogens with zero attached hydrogens (tertiary/aromatic N) is 1. The van der Waals surface area contributed by atoms with Crippen LogP contribution in [0.3, 0.4) is 0 Å². The van der Waals surface area contributed by atoms with Crippen LogP contribution in [0.1, 0.15) is 6.42 Å². The number of carbonyl (C=O) groups is 4. The molecule has 0 aromatic heterocycles. The zero-order chi connectivity index (χ0) is 17.9. The van der Waals surface area contributed by atoms with Crippen molar-refractivity contribution in [2.24, 2.45) is 0 Å². The summed E-state index contributed by atoms with van der Waals surface area (Å²) in [7, 11) is 1.44. The van der Waals surface area contributed by atoms with E-state index in [2.05, 4.69) is 10.6 Å². The summed E-state index contributed by atoms with van der Waals surface area (Å²) in [6.07, 6.45) is -0.154. The molecule has 1 aromatic rings. The minimum atomic E-state index is -0.759. The topological polar surface area (TPSA) is 95.6 Å². The molecular formula is C14H13Cl2N3O4S. The highest BCUT2D eigenvalue weighted by atomic mass is 35.5. The molecule has 0 radical (unpaired) electrons. The first-order valence-electron chi connectivity index (χ1n) is 6.76. The van der Waals surface area contributed by atoms with Crippen molar-refractivity contribution in [2.45, 2.75) is 11.7 Å². The van der Waals surface area contributed by atoms with E-state index in [0.717, 1.165) is 11.8 Å². The van der Waals surface area contributed by atoms with Crippen molar-refractivity contribution in [3.8, 4) is 0 Å². The van der Waals surface area contributed by atoms with Crippen LogP contribution < -0.4 is 10.6 Å². The molecule has 10 heteroatoms. The maximum absolute atomic E-state index is 12.0. The highest BCUT2D eigenvalue weighted by molar-refractivity contribution is 8.15. The predicted molar refractivity (Wildman–Crippen MR) is 92.3 cm³/mol. The Hall–Kier alpha value is -1.77. The van der Waals surface area contributed by atoms with Gasteiger partial charge in [-0.05, 0) is 18.2 Å². The van der Waals surface area contributed by atoms with Gasteiger partial charge < -0.3 is 10.2 Å². The van der Waals surface area contributed by atoms with Crippen molar-refractivity contribution in [3.63, 3.8) is 0 Å². The third-order valence-electron chi connectivity index (χ3n) is 3.14. The van der Waals surface area contributed by atoms with Crippen molar-refractivity contribution in [3.05, 3.63) is 28.2 Å². The monoisotopic (exact) mass is 389 g/mol. The highest BCUT2D eigenvalue weighted by Gasteiger charge is 2.34. The number of imide groups is 1. The number of benzene rings is 1. The van der Waals surface area contributed by atoms with Crippen LogP contribution in [0.4, 0.5) is 10.5 Å². The number of carbonyl (C=O) groups excluding carboxylic acids is 4. The van der Waals surface area contributed by atoms with Crippen LogP contribution in [-0.4, -0.2) is 46.7 Å². The molecule has 2 N–H and O–H groups in total. The fraction of sp³-hybridized carbons (Fsp3) is 0.286. The lowest BCUT2D eigenvalue weighted by Crippen LogP contribution is -2.37. The molecule has 1 aliphatic rings. The van der Waals surface area contributed by atoms with Gasteiger partial charge in [-0.1, -0.05) is 35.0 Å². The lowest BCUT2D eigenvalue weighted by atomic mass is 10.2. The first kappa shape index (κ1) is 18.6. The van der Waals surface area contributed by atoms with Crippen molar-refractivity contribution >= 4 is 63.6 Å². The predicted octanol–water partition coefficient (Wildman–Crippen LogP) is 2.13. The Bertz CT molecular complexity index is 713. The molecule has 0 bridgehead atoms. The number of likely N-dealkylation sites (N-methyl/N-ethyl adjacent to an activating group) is 1. The van der Waals surface area contributed by atoms with Gasteiger partial charge >= 0.3 is 0 Å². The fourth-order valence-electron chi connectivity index (χ4n) is 1.92. The Balaban J connectivity index is 1.86. The van der Waals surface area contributed by atoms with E-state index in [1.54, 1.807) is 12.1 Å². The van der Waals surface area contributed by atoms with E-state index in [1.165, 1.54) is 18.0 Å². The second-order valence-corrected chi connectivity index (χ2v) is 7.00. The fourth-order valence-corrected chi connectivity index (χ4v) is 3.03. The highest BCUT2D eigenvalue weighted by Crippen LogP contribution is 2.25. The van der Waals surface area contributed by atoms with Gasteiger partial charge in [0.15, 0.2) is 0 Å². The number of halogens is 2.